The maximum absolute atomic E-state index is 13.5. The average molecular weight is 503 g/mol. The third-order valence-corrected chi connectivity index (χ3v) is 6.46. The number of halogens is 1. The van der Waals surface area contributed by atoms with E-state index in [2.05, 4.69) is 22.3 Å². The van der Waals surface area contributed by atoms with Crippen LogP contribution in [-0.2, 0) is 22.6 Å². The summed E-state index contributed by atoms with van der Waals surface area (Å²) in [4.78, 5) is 37.5. The fraction of sp³-hybridized carbons (Fsp3) is 0.214. The molecular formula is C28H27FN4O4. The maximum atomic E-state index is 13.5. The van der Waals surface area contributed by atoms with Gasteiger partial charge in [0, 0.05) is 17.8 Å². The molecule has 0 fully saturated rings. The number of aromatic nitrogens is 2. The number of fused-ring (bicyclic) bond motifs is 1. The summed E-state index contributed by atoms with van der Waals surface area (Å²) in [5.74, 6) is -2.29. The molecule has 2 aromatic carbocycles. The van der Waals surface area contributed by atoms with E-state index in [9.17, 15) is 23.9 Å². The number of nitrogens with one attached hydrogen (secondary N) is 2. The standard InChI is InChI=1S/C28H27FN4O4/c1-16(26(34)30-15-19-4-8-22(29)9-5-19)12-25(33-18(3)17(2)14-31-33)27(35)32-24-11-7-20-13-21(28(36)37)6-10-23(20)24/h4-6,8-10,12-14,24H,1,7,11,15H2,2-3H3,(H,30,34)(H,32,35)(H,36,37)/b25-12-. The normalized spacial score (nSPS) is 14.7. The van der Waals surface area contributed by atoms with Crippen LogP contribution in [0.5, 0.6) is 0 Å². The summed E-state index contributed by atoms with van der Waals surface area (Å²) in [5.41, 5.74) is 4.46. The van der Waals surface area contributed by atoms with Crippen LogP contribution in [0, 0.1) is 19.7 Å². The first-order valence-electron chi connectivity index (χ1n) is 11.8. The molecule has 0 spiro atoms. The van der Waals surface area contributed by atoms with Crippen molar-refractivity contribution in [2.24, 2.45) is 0 Å². The fourth-order valence-electron chi connectivity index (χ4n) is 4.22. The predicted molar refractivity (Wildman–Crippen MR) is 136 cm³/mol. The number of nitrogens with zero attached hydrogens (tertiary/aromatic N) is 2. The van der Waals surface area contributed by atoms with E-state index < -0.39 is 17.8 Å². The van der Waals surface area contributed by atoms with Gasteiger partial charge in [0.1, 0.15) is 11.5 Å². The largest absolute Gasteiger partial charge is 0.478 e. The van der Waals surface area contributed by atoms with Crippen LogP contribution in [0.25, 0.3) is 5.70 Å². The van der Waals surface area contributed by atoms with Gasteiger partial charge in [-0.1, -0.05) is 24.8 Å². The first kappa shape index (κ1) is 25.6. The molecule has 0 bridgehead atoms. The second-order valence-electron chi connectivity index (χ2n) is 8.97. The Labute approximate surface area is 213 Å². The number of hydrogen-bond acceptors (Lipinski definition) is 4. The molecule has 3 aromatic rings. The lowest BCUT2D eigenvalue weighted by molar-refractivity contribution is -0.117. The van der Waals surface area contributed by atoms with E-state index in [1.54, 1.807) is 30.5 Å². The van der Waals surface area contributed by atoms with Gasteiger partial charge in [0.25, 0.3) is 11.8 Å². The van der Waals surface area contributed by atoms with Crippen molar-refractivity contribution in [3.8, 4) is 0 Å². The Morgan fingerprint density at radius 3 is 2.54 bits per heavy atom. The van der Waals surface area contributed by atoms with Crippen LogP contribution in [-0.4, -0.2) is 32.7 Å². The lowest BCUT2D eigenvalue weighted by atomic mass is 10.0. The molecular weight excluding hydrogens is 475 g/mol. The summed E-state index contributed by atoms with van der Waals surface area (Å²) in [6.07, 6.45) is 4.27. The molecule has 0 saturated carbocycles. The van der Waals surface area contributed by atoms with Gasteiger partial charge in [-0.25, -0.2) is 13.9 Å². The van der Waals surface area contributed by atoms with Gasteiger partial charge in [0.05, 0.1) is 17.8 Å². The zero-order chi connectivity index (χ0) is 26.7. The number of rotatable bonds is 8. The Kier molecular flexibility index (Phi) is 7.33. The van der Waals surface area contributed by atoms with Crippen LogP contribution in [0.4, 0.5) is 4.39 Å². The van der Waals surface area contributed by atoms with Gasteiger partial charge in [-0.3, -0.25) is 9.59 Å². The lowest BCUT2D eigenvalue weighted by Crippen LogP contribution is -2.31. The first-order valence-corrected chi connectivity index (χ1v) is 11.8. The van der Waals surface area contributed by atoms with Gasteiger partial charge >= 0.3 is 5.97 Å². The number of benzene rings is 2. The molecule has 37 heavy (non-hydrogen) atoms. The van der Waals surface area contributed by atoms with Crippen LogP contribution in [0.15, 0.2) is 66.9 Å². The van der Waals surface area contributed by atoms with Crippen molar-refractivity contribution in [2.75, 3.05) is 0 Å². The second kappa shape index (κ2) is 10.6. The SMILES string of the molecule is C=C(/C=C(/C(=O)NC1CCc2cc(C(=O)O)ccc21)n1ncc(C)c1C)C(=O)NCc1ccc(F)cc1. The van der Waals surface area contributed by atoms with Crippen molar-refractivity contribution < 1.29 is 23.9 Å². The molecule has 1 aliphatic rings. The molecule has 9 heteroatoms. The van der Waals surface area contributed by atoms with E-state index in [1.165, 1.54) is 29.0 Å². The van der Waals surface area contributed by atoms with E-state index in [0.717, 1.165) is 22.4 Å². The Hall–Kier alpha value is -4.53. The molecule has 1 aromatic heterocycles. The van der Waals surface area contributed by atoms with Crippen LogP contribution in [0.2, 0.25) is 0 Å². The van der Waals surface area contributed by atoms with Crippen molar-refractivity contribution in [2.45, 2.75) is 39.3 Å². The molecule has 3 N–H and O–H groups in total. The summed E-state index contributed by atoms with van der Waals surface area (Å²) in [5, 5.41) is 19.3. The average Bonchev–Trinajstić information content (AvgIpc) is 3.43. The minimum Gasteiger partial charge on any atom is -0.478 e. The number of carboxylic acids is 1. The smallest absolute Gasteiger partial charge is 0.335 e. The summed E-state index contributed by atoms with van der Waals surface area (Å²) in [6.45, 7) is 7.69. The molecule has 0 aliphatic heterocycles. The molecule has 8 nitrogen and oxygen atoms in total. The fourth-order valence-corrected chi connectivity index (χ4v) is 4.22. The number of aromatic carboxylic acids is 1. The highest BCUT2D eigenvalue weighted by molar-refractivity contribution is 6.16. The number of carboxylic acid groups (broad SMARTS) is 1. The third kappa shape index (κ3) is 5.66. The molecule has 2 amide bonds. The lowest BCUT2D eigenvalue weighted by Gasteiger charge is -2.17. The highest BCUT2D eigenvalue weighted by Crippen LogP contribution is 2.32. The van der Waals surface area contributed by atoms with Crippen LogP contribution in [0.3, 0.4) is 0 Å². The summed E-state index contributed by atoms with van der Waals surface area (Å²) in [6, 6.07) is 10.3. The van der Waals surface area contributed by atoms with Gasteiger partial charge in [-0.05, 0) is 79.3 Å². The predicted octanol–water partition coefficient (Wildman–Crippen LogP) is 3.85. The monoisotopic (exact) mass is 502 g/mol. The Bertz CT molecular complexity index is 1420. The zero-order valence-corrected chi connectivity index (χ0v) is 20.5. The first-order chi connectivity index (χ1) is 17.6. The molecule has 4 rings (SSSR count). The van der Waals surface area contributed by atoms with E-state index in [-0.39, 0.29) is 35.2 Å². The summed E-state index contributed by atoms with van der Waals surface area (Å²) < 4.78 is 14.6. The Balaban J connectivity index is 1.54. The number of amides is 2. The maximum Gasteiger partial charge on any atom is 0.335 e. The number of carbonyl (C=O) groups excluding carboxylic acids is 2. The molecule has 0 saturated heterocycles. The van der Waals surface area contributed by atoms with Crippen LogP contribution >= 0.6 is 0 Å². The van der Waals surface area contributed by atoms with E-state index >= 15 is 0 Å². The molecule has 1 aliphatic carbocycles. The van der Waals surface area contributed by atoms with Gasteiger partial charge in [0.2, 0.25) is 0 Å². The molecule has 190 valence electrons. The third-order valence-electron chi connectivity index (χ3n) is 6.46. The molecule has 1 atom stereocenters. The van der Waals surface area contributed by atoms with Crippen LogP contribution < -0.4 is 10.6 Å². The second-order valence-corrected chi connectivity index (χ2v) is 8.97. The van der Waals surface area contributed by atoms with Gasteiger partial charge in [-0.2, -0.15) is 5.10 Å². The molecule has 1 unspecified atom stereocenters. The van der Waals surface area contributed by atoms with Gasteiger partial charge in [0.15, 0.2) is 0 Å². The van der Waals surface area contributed by atoms with Crippen molar-refractivity contribution in [1.29, 1.82) is 0 Å². The number of carbonyl (C=O) groups is 3. The quantitative estimate of drug-likeness (QED) is 0.320. The number of aryl methyl sites for hydroxylation is 2. The van der Waals surface area contributed by atoms with Gasteiger partial charge < -0.3 is 15.7 Å². The van der Waals surface area contributed by atoms with E-state index in [4.69, 9.17) is 0 Å². The number of hydrogen-bond donors (Lipinski definition) is 3. The highest BCUT2D eigenvalue weighted by atomic mass is 19.1. The van der Waals surface area contributed by atoms with Crippen molar-refractivity contribution in [1.82, 2.24) is 20.4 Å². The minimum absolute atomic E-state index is 0.0535. The zero-order valence-electron chi connectivity index (χ0n) is 20.5. The molecule has 1 heterocycles. The minimum atomic E-state index is -0.999. The Morgan fingerprint density at radius 2 is 1.89 bits per heavy atom. The molecule has 0 radical (unpaired) electrons. The topological polar surface area (TPSA) is 113 Å². The van der Waals surface area contributed by atoms with Crippen LogP contribution in [0.1, 0.15) is 50.8 Å². The summed E-state index contributed by atoms with van der Waals surface area (Å²) >= 11 is 0. The summed E-state index contributed by atoms with van der Waals surface area (Å²) in [7, 11) is 0. The Morgan fingerprint density at radius 1 is 1.16 bits per heavy atom. The van der Waals surface area contributed by atoms with Gasteiger partial charge in [-0.15, -0.1) is 0 Å². The van der Waals surface area contributed by atoms with Crippen molar-refractivity contribution in [3.63, 3.8) is 0 Å². The van der Waals surface area contributed by atoms with E-state index in [1.807, 2.05) is 13.8 Å². The highest BCUT2D eigenvalue weighted by Gasteiger charge is 2.27. The van der Waals surface area contributed by atoms with Crippen molar-refractivity contribution in [3.05, 3.63) is 106 Å². The van der Waals surface area contributed by atoms with E-state index in [0.29, 0.717) is 18.4 Å². The van der Waals surface area contributed by atoms with Crippen molar-refractivity contribution >= 4 is 23.5 Å².